The molecule has 9 heteroatoms. The average molecular weight is 495 g/mol. The first-order valence-electron chi connectivity index (χ1n) is 11.7. The van der Waals surface area contributed by atoms with Crippen LogP contribution in [-0.2, 0) is 6.54 Å². The minimum absolute atomic E-state index is 0.0550. The van der Waals surface area contributed by atoms with E-state index in [-0.39, 0.29) is 28.7 Å². The molecule has 0 radical (unpaired) electrons. The van der Waals surface area contributed by atoms with Gasteiger partial charge in [-0.25, -0.2) is 9.18 Å². The quantitative estimate of drug-likeness (QED) is 0.395. The number of nitrogens with zero attached hydrogens (tertiary/aromatic N) is 3. The summed E-state index contributed by atoms with van der Waals surface area (Å²) in [6.07, 6.45) is 2.05. The van der Waals surface area contributed by atoms with Crippen LogP contribution in [0.5, 0.6) is 0 Å². The topological polar surface area (TPSA) is 74.7 Å². The van der Waals surface area contributed by atoms with Crippen molar-refractivity contribution >= 4 is 34.8 Å². The summed E-state index contributed by atoms with van der Waals surface area (Å²) in [5.74, 6) is 0.214. The van der Waals surface area contributed by atoms with E-state index in [1.807, 2.05) is 38.2 Å². The van der Waals surface area contributed by atoms with Gasteiger partial charge < -0.3 is 15.5 Å². The van der Waals surface area contributed by atoms with Crippen molar-refractivity contribution in [3.05, 3.63) is 76.9 Å². The first-order chi connectivity index (χ1) is 16.7. The fourth-order valence-corrected chi connectivity index (χ4v) is 4.63. The van der Waals surface area contributed by atoms with Gasteiger partial charge in [0.15, 0.2) is 0 Å². The number of aryl methyl sites for hydroxylation is 1. The molecule has 0 aliphatic carbocycles. The van der Waals surface area contributed by atoms with Crippen LogP contribution >= 0.6 is 12.2 Å². The van der Waals surface area contributed by atoms with Crippen LogP contribution in [0.25, 0.3) is 0 Å². The highest BCUT2D eigenvalue weighted by atomic mass is 32.1. The third kappa shape index (κ3) is 5.52. The normalized spacial score (nSPS) is 20.5. The third-order valence-electron chi connectivity index (χ3n) is 6.56. The van der Waals surface area contributed by atoms with E-state index in [9.17, 15) is 9.18 Å². The Hall–Kier alpha value is -3.30. The van der Waals surface area contributed by atoms with Crippen LogP contribution in [0, 0.1) is 18.2 Å². The van der Waals surface area contributed by atoms with Crippen LogP contribution < -0.4 is 10.6 Å². The van der Waals surface area contributed by atoms with E-state index in [0.717, 1.165) is 24.9 Å². The smallest absolute Gasteiger partial charge is 0.330 e. The van der Waals surface area contributed by atoms with Crippen molar-refractivity contribution in [1.82, 2.24) is 20.0 Å². The number of halogens is 1. The maximum absolute atomic E-state index is 13.5. The number of hydrogen-bond acceptors (Lipinski definition) is 6. The van der Waals surface area contributed by atoms with Gasteiger partial charge in [-0.1, -0.05) is 42.0 Å². The van der Waals surface area contributed by atoms with Crippen molar-refractivity contribution in [2.24, 2.45) is 0 Å². The zero-order valence-corrected chi connectivity index (χ0v) is 21.1. The fourth-order valence-electron chi connectivity index (χ4n) is 4.35. The molecular weight excluding hydrogens is 463 g/mol. The molecule has 0 saturated carbocycles. The number of rotatable bonds is 7. The highest BCUT2D eigenvalue weighted by Crippen LogP contribution is 2.25. The van der Waals surface area contributed by atoms with Crippen LogP contribution in [0.3, 0.4) is 0 Å². The molecule has 1 atom stereocenters. The molecule has 184 valence electrons. The number of amidine groups is 1. The molecule has 1 unspecified atom stereocenters. The number of thiocarbonyl (C=S) groups is 1. The Morgan fingerprint density at radius 3 is 2.46 bits per heavy atom. The van der Waals surface area contributed by atoms with Crippen molar-refractivity contribution in [3.8, 4) is 0 Å². The minimum Gasteiger partial charge on any atom is -0.367 e. The summed E-state index contributed by atoms with van der Waals surface area (Å²) in [4.78, 5) is 18.5. The number of carbonyl (C=O) groups is 1. The SMILES string of the molecule is Cc1ccc(CN/C(Nc2ccc(F)cc2)=C2\C(=N)N(CC3CCCN3C)C(=O)N(C)C2=S)cc1. The van der Waals surface area contributed by atoms with Gasteiger partial charge in [0.25, 0.3) is 0 Å². The van der Waals surface area contributed by atoms with E-state index in [2.05, 4.69) is 15.5 Å². The summed E-state index contributed by atoms with van der Waals surface area (Å²) in [6, 6.07) is 14.0. The molecular formula is C26H31FN6OS. The van der Waals surface area contributed by atoms with Gasteiger partial charge in [0.2, 0.25) is 0 Å². The fraction of sp³-hybridized carbons (Fsp3) is 0.346. The van der Waals surface area contributed by atoms with Crippen LogP contribution in [0.4, 0.5) is 14.9 Å². The standard InChI is InChI=1S/C26H31FN6OS/c1-17-6-8-18(9-7-17)15-29-24(30-20-12-10-19(27)11-13-20)22-23(28)33(26(34)32(3)25(22)35)16-21-5-4-14-31(21)2/h6-13,21,28-30H,4-5,14-16H2,1-3H3/b24-22-,28-23?. The van der Waals surface area contributed by atoms with Crippen molar-refractivity contribution in [2.75, 3.05) is 32.5 Å². The number of likely N-dealkylation sites (tertiary alicyclic amines) is 1. The number of likely N-dealkylation sites (N-methyl/N-ethyl adjacent to an activating group) is 2. The summed E-state index contributed by atoms with van der Waals surface area (Å²) < 4.78 is 13.5. The maximum Gasteiger partial charge on any atom is 0.330 e. The molecule has 2 heterocycles. The molecule has 4 rings (SSSR count). The Balaban J connectivity index is 1.69. The largest absolute Gasteiger partial charge is 0.367 e. The van der Waals surface area contributed by atoms with Gasteiger partial charge in [0.1, 0.15) is 22.5 Å². The average Bonchev–Trinajstić information content (AvgIpc) is 3.25. The molecule has 2 fully saturated rings. The number of benzene rings is 2. The van der Waals surface area contributed by atoms with E-state index < -0.39 is 0 Å². The lowest BCUT2D eigenvalue weighted by molar-refractivity contribution is 0.189. The number of carbonyl (C=O) groups excluding carboxylic acids is 1. The van der Waals surface area contributed by atoms with E-state index in [1.54, 1.807) is 19.2 Å². The molecule has 2 aliphatic heterocycles. The maximum atomic E-state index is 13.5. The molecule has 7 nitrogen and oxygen atoms in total. The number of amides is 2. The monoisotopic (exact) mass is 494 g/mol. The Bertz CT molecular complexity index is 1150. The first-order valence-corrected chi connectivity index (χ1v) is 12.1. The molecule has 2 aromatic rings. The van der Waals surface area contributed by atoms with E-state index in [0.29, 0.717) is 30.2 Å². The highest BCUT2D eigenvalue weighted by molar-refractivity contribution is 7.80. The van der Waals surface area contributed by atoms with Crippen molar-refractivity contribution in [1.29, 1.82) is 5.41 Å². The van der Waals surface area contributed by atoms with Crippen molar-refractivity contribution < 1.29 is 9.18 Å². The van der Waals surface area contributed by atoms with Crippen LogP contribution in [0.1, 0.15) is 24.0 Å². The van der Waals surface area contributed by atoms with E-state index in [4.69, 9.17) is 17.6 Å². The molecule has 35 heavy (non-hydrogen) atoms. The van der Waals surface area contributed by atoms with Gasteiger partial charge >= 0.3 is 6.03 Å². The number of anilines is 1. The second kappa shape index (κ2) is 10.5. The van der Waals surface area contributed by atoms with E-state index >= 15 is 0 Å². The van der Waals surface area contributed by atoms with Gasteiger partial charge in [-0.2, -0.15) is 0 Å². The van der Waals surface area contributed by atoms with Gasteiger partial charge in [0.05, 0.1) is 5.57 Å². The molecule has 2 saturated heterocycles. The van der Waals surface area contributed by atoms with Gasteiger partial charge in [-0.15, -0.1) is 0 Å². The Kier molecular flexibility index (Phi) is 7.47. The molecule has 0 bridgehead atoms. The lowest BCUT2D eigenvalue weighted by Crippen LogP contribution is -2.57. The summed E-state index contributed by atoms with van der Waals surface area (Å²) >= 11 is 5.65. The van der Waals surface area contributed by atoms with Crippen molar-refractivity contribution in [3.63, 3.8) is 0 Å². The zero-order valence-electron chi connectivity index (χ0n) is 20.3. The zero-order chi connectivity index (χ0) is 25.1. The first kappa shape index (κ1) is 24.8. The number of nitrogens with one attached hydrogen (secondary N) is 3. The minimum atomic E-state index is -0.338. The Morgan fingerprint density at radius 2 is 1.83 bits per heavy atom. The lowest BCUT2D eigenvalue weighted by Gasteiger charge is -2.38. The summed E-state index contributed by atoms with van der Waals surface area (Å²) in [5.41, 5.74) is 3.29. The number of hydrogen-bond donors (Lipinski definition) is 3. The third-order valence-corrected chi connectivity index (χ3v) is 7.04. The van der Waals surface area contributed by atoms with Gasteiger partial charge in [-0.3, -0.25) is 15.2 Å². The predicted octanol–water partition coefficient (Wildman–Crippen LogP) is 4.31. The van der Waals surface area contributed by atoms with Gasteiger partial charge in [0, 0.05) is 31.9 Å². The van der Waals surface area contributed by atoms with Crippen molar-refractivity contribution in [2.45, 2.75) is 32.4 Å². The summed E-state index contributed by atoms with van der Waals surface area (Å²) in [5, 5.41) is 15.7. The number of urea groups is 1. The molecule has 0 spiro atoms. The highest BCUT2D eigenvalue weighted by Gasteiger charge is 2.39. The van der Waals surface area contributed by atoms with Crippen LogP contribution in [-0.4, -0.2) is 64.8 Å². The predicted molar refractivity (Wildman–Crippen MR) is 141 cm³/mol. The Morgan fingerprint density at radius 1 is 1.14 bits per heavy atom. The van der Waals surface area contributed by atoms with Crippen LogP contribution in [0.15, 0.2) is 59.9 Å². The Labute approximate surface area is 211 Å². The summed E-state index contributed by atoms with van der Waals surface area (Å²) in [6.45, 7) is 3.91. The summed E-state index contributed by atoms with van der Waals surface area (Å²) in [7, 11) is 3.68. The lowest BCUT2D eigenvalue weighted by atomic mass is 10.1. The molecule has 2 aromatic carbocycles. The van der Waals surface area contributed by atoms with Crippen LogP contribution in [0.2, 0.25) is 0 Å². The molecule has 0 aromatic heterocycles. The van der Waals surface area contributed by atoms with E-state index in [1.165, 1.54) is 27.5 Å². The molecule has 3 N–H and O–H groups in total. The van der Waals surface area contributed by atoms with Gasteiger partial charge in [-0.05, 0) is 63.2 Å². The molecule has 2 aliphatic rings. The molecule has 2 amide bonds. The second-order valence-corrected chi connectivity index (χ2v) is 9.49. The second-order valence-electron chi connectivity index (χ2n) is 9.10.